The largest absolute Gasteiger partial charge is 0.493 e. The molecular formula is C13H14FNO4S. The van der Waals surface area contributed by atoms with Crippen LogP contribution in [0.5, 0.6) is 5.75 Å². The Kier molecular flexibility index (Phi) is 4.84. The van der Waals surface area contributed by atoms with E-state index in [4.69, 9.17) is 9.84 Å². The van der Waals surface area contributed by atoms with Gasteiger partial charge >= 0.3 is 5.97 Å². The van der Waals surface area contributed by atoms with Crippen LogP contribution in [0.25, 0.3) is 0 Å². The van der Waals surface area contributed by atoms with E-state index < -0.39 is 17.8 Å². The molecule has 1 aromatic rings. The summed E-state index contributed by atoms with van der Waals surface area (Å²) < 4.78 is 18.2. The molecule has 5 nitrogen and oxygen atoms in total. The lowest BCUT2D eigenvalue weighted by molar-refractivity contribution is -0.147. The fourth-order valence-electron chi connectivity index (χ4n) is 1.85. The molecule has 0 radical (unpaired) electrons. The van der Waals surface area contributed by atoms with E-state index in [2.05, 4.69) is 0 Å². The number of ether oxygens (including phenoxy) is 1. The van der Waals surface area contributed by atoms with Gasteiger partial charge in [-0.05, 0) is 12.1 Å². The van der Waals surface area contributed by atoms with Gasteiger partial charge in [-0.2, -0.15) is 0 Å². The van der Waals surface area contributed by atoms with Gasteiger partial charge in [0, 0.05) is 11.8 Å². The highest BCUT2D eigenvalue weighted by molar-refractivity contribution is 7.99. The Hall–Kier alpha value is -1.76. The molecule has 0 aliphatic carbocycles. The van der Waals surface area contributed by atoms with E-state index in [0.29, 0.717) is 17.4 Å². The van der Waals surface area contributed by atoms with Crippen molar-refractivity contribution >= 4 is 23.6 Å². The first kappa shape index (κ1) is 14.6. The van der Waals surface area contributed by atoms with Crippen LogP contribution in [0.2, 0.25) is 0 Å². The summed E-state index contributed by atoms with van der Waals surface area (Å²) in [4.78, 5) is 24.2. The predicted molar refractivity (Wildman–Crippen MR) is 72.1 cm³/mol. The van der Waals surface area contributed by atoms with Gasteiger partial charge in [0.15, 0.2) is 0 Å². The van der Waals surface area contributed by atoms with Crippen LogP contribution >= 0.6 is 11.8 Å². The molecule has 0 saturated carbocycles. The minimum atomic E-state index is -0.991. The quantitative estimate of drug-likeness (QED) is 0.894. The molecular weight excluding hydrogens is 285 g/mol. The lowest BCUT2D eigenvalue weighted by atomic mass is 10.2. The lowest BCUT2D eigenvalue weighted by Gasteiger charge is -2.20. The van der Waals surface area contributed by atoms with E-state index in [0.717, 1.165) is 0 Å². The maximum Gasteiger partial charge on any atom is 0.327 e. The molecule has 1 N–H and O–H groups in total. The first-order valence-electron chi connectivity index (χ1n) is 6.06. The molecule has 1 aliphatic rings. The van der Waals surface area contributed by atoms with Crippen LogP contribution in [0.4, 0.5) is 4.39 Å². The maximum atomic E-state index is 12.9. The Morgan fingerprint density at radius 3 is 3.00 bits per heavy atom. The lowest BCUT2D eigenvalue weighted by Crippen LogP contribution is -2.42. The Bertz CT molecular complexity index is 511. The smallest absolute Gasteiger partial charge is 0.327 e. The van der Waals surface area contributed by atoms with Crippen LogP contribution < -0.4 is 4.74 Å². The van der Waals surface area contributed by atoms with Crippen molar-refractivity contribution in [2.24, 2.45) is 0 Å². The number of benzene rings is 1. The maximum absolute atomic E-state index is 12.9. The molecule has 1 fully saturated rings. The van der Waals surface area contributed by atoms with Gasteiger partial charge in [-0.15, -0.1) is 11.8 Å². The number of hydrogen-bond acceptors (Lipinski definition) is 4. The van der Waals surface area contributed by atoms with Crippen molar-refractivity contribution in [3.63, 3.8) is 0 Å². The van der Waals surface area contributed by atoms with Gasteiger partial charge in [0.1, 0.15) is 17.6 Å². The summed E-state index contributed by atoms with van der Waals surface area (Å²) in [6.45, 7) is 0.0930. The van der Waals surface area contributed by atoms with Gasteiger partial charge < -0.3 is 14.7 Å². The van der Waals surface area contributed by atoms with E-state index in [1.165, 1.54) is 34.9 Å². The van der Waals surface area contributed by atoms with E-state index in [9.17, 15) is 14.0 Å². The first-order chi connectivity index (χ1) is 9.58. The Labute approximate surface area is 119 Å². The van der Waals surface area contributed by atoms with Gasteiger partial charge in [-0.25, -0.2) is 9.18 Å². The highest BCUT2D eigenvalue weighted by Crippen LogP contribution is 2.22. The second-order valence-corrected chi connectivity index (χ2v) is 5.27. The van der Waals surface area contributed by atoms with Crippen LogP contribution in [0.15, 0.2) is 24.3 Å². The molecule has 2 rings (SSSR count). The minimum absolute atomic E-state index is 0.0703. The number of rotatable bonds is 5. The minimum Gasteiger partial charge on any atom is -0.493 e. The molecule has 0 bridgehead atoms. The van der Waals surface area contributed by atoms with Gasteiger partial charge in [-0.3, -0.25) is 4.79 Å². The monoisotopic (exact) mass is 299 g/mol. The number of carboxylic acid groups (broad SMARTS) is 1. The van der Waals surface area contributed by atoms with Crippen LogP contribution in [0.1, 0.15) is 6.42 Å². The van der Waals surface area contributed by atoms with E-state index in [-0.39, 0.29) is 18.9 Å². The summed E-state index contributed by atoms with van der Waals surface area (Å²) >= 11 is 1.41. The van der Waals surface area contributed by atoms with E-state index in [1.807, 2.05) is 0 Å². The summed E-state index contributed by atoms with van der Waals surface area (Å²) in [5.41, 5.74) is 0. The van der Waals surface area contributed by atoms with Crippen LogP contribution in [0.3, 0.4) is 0 Å². The molecule has 1 amide bonds. The van der Waals surface area contributed by atoms with Gasteiger partial charge in [0.05, 0.1) is 18.9 Å². The predicted octanol–water partition coefficient (Wildman–Crippen LogP) is 1.58. The Morgan fingerprint density at radius 2 is 2.30 bits per heavy atom. The molecule has 1 heterocycles. The normalized spacial score (nSPS) is 18.1. The highest BCUT2D eigenvalue weighted by atomic mass is 32.2. The van der Waals surface area contributed by atoms with Crippen molar-refractivity contribution in [2.75, 3.05) is 18.2 Å². The number of carbonyl (C=O) groups excluding carboxylic acids is 1. The number of aliphatic carboxylic acids is 1. The summed E-state index contributed by atoms with van der Waals surface area (Å²) in [5, 5.41) is 8.99. The number of thioether (sulfide) groups is 1. The molecule has 7 heteroatoms. The van der Waals surface area contributed by atoms with E-state index in [1.54, 1.807) is 6.07 Å². The van der Waals surface area contributed by atoms with Crippen molar-refractivity contribution in [2.45, 2.75) is 12.5 Å². The number of amides is 1. The SMILES string of the molecule is O=C(O)C1CSCN1C(=O)CCOc1cccc(F)c1. The fourth-order valence-corrected chi connectivity index (χ4v) is 3.02. The summed E-state index contributed by atoms with van der Waals surface area (Å²) in [5.74, 6) is -0.519. The number of nitrogens with zero attached hydrogens (tertiary/aromatic N) is 1. The summed E-state index contributed by atoms with van der Waals surface area (Å²) in [6.07, 6.45) is 0.0703. The van der Waals surface area contributed by atoms with E-state index >= 15 is 0 Å². The van der Waals surface area contributed by atoms with Crippen molar-refractivity contribution in [1.29, 1.82) is 0 Å². The summed E-state index contributed by atoms with van der Waals surface area (Å²) in [7, 11) is 0. The van der Waals surface area contributed by atoms with Gasteiger partial charge in [0.25, 0.3) is 0 Å². The molecule has 20 heavy (non-hydrogen) atoms. The second-order valence-electron chi connectivity index (χ2n) is 4.27. The number of hydrogen-bond donors (Lipinski definition) is 1. The molecule has 1 aromatic carbocycles. The molecule has 1 aliphatic heterocycles. The zero-order valence-corrected chi connectivity index (χ0v) is 11.4. The average molecular weight is 299 g/mol. The van der Waals surface area contributed by atoms with Crippen molar-refractivity contribution in [3.05, 3.63) is 30.1 Å². The Balaban J connectivity index is 1.82. The molecule has 1 unspecified atom stereocenters. The molecule has 1 atom stereocenters. The van der Waals surface area contributed by atoms with Crippen molar-refractivity contribution in [1.82, 2.24) is 4.90 Å². The molecule has 0 aromatic heterocycles. The average Bonchev–Trinajstić information content (AvgIpc) is 2.88. The third-order valence-electron chi connectivity index (χ3n) is 2.87. The van der Waals surface area contributed by atoms with Crippen LogP contribution in [0, 0.1) is 5.82 Å². The van der Waals surface area contributed by atoms with Crippen LogP contribution in [-0.4, -0.2) is 46.2 Å². The number of carbonyl (C=O) groups is 2. The zero-order valence-electron chi connectivity index (χ0n) is 10.6. The highest BCUT2D eigenvalue weighted by Gasteiger charge is 2.34. The zero-order chi connectivity index (χ0) is 14.5. The molecule has 0 spiro atoms. The summed E-state index contributed by atoms with van der Waals surface area (Å²) in [6, 6.07) is 4.89. The molecule has 1 saturated heterocycles. The van der Waals surface area contributed by atoms with Gasteiger partial charge in [-0.1, -0.05) is 6.07 Å². The van der Waals surface area contributed by atoms with Crippen molar-refractivity contribution < 1.29 is 23.8 Å². The third-order valence-corrected chi connectivity index (χ3v) is 3.88. The third kappa shape index (κ3) is 3.63. The number of carboxylic acids is 1. The first-order valence-corrected chi connectivity index (χ1v) is 7.22. The fraction of sp³-hybridized carbons (Fsp3) is 0.385. The standard InChI is InChI=1S/C13H14FNO4S/c14-9-2-1-3-10(6-9)19-5-4-12(16)15-8-20-7-11(15)13(17)18/h1-3,6,11H,4-5,7-8H2,(H,17,18). The van der Waals surface area contributed by atoms with Gasteiger partial charge in [0.2, 0.25) is 5.91 Å². The Morgan fingerprint density at radius 1 is 1.50 bits per heavy atom. The van der Waals surface area contributed by atoms with Crippen LogP contribution in [-0.2, 0) is 9.59 Å². The second kappa shape index (κ2) is 6.60. The van der Waals surface area contributed by atoms with Crippen molar-refractivity contribution in [3.8, 4) is 5.75 Å². The number of halogens is 1. The molecule has 108 valence electrons. The topological polar surface area (TPSA) is 66.8 Å².